The van der Waals surface area contributed by atoms with E-state index < -0.39 is 38.6 Å². The molecule has 0 aliphatic carbocycles. The summed E-state index contributed by atoms with van der Waals surface area (Å²) in [7, 11) is -1.10. The molecule has 8 nitrogen and oxygen atoms in total. The van der Waals surface area contributed by atoms with Gasteiger partial charge in [0.25, 0.3) is 11.5 Å². The lowest BCUT2D eigenvalue weighted by Gasteiger charge is -2.10. The Morgan fingerprint density at radius 2 is 1.72 bits per heavy atom. The Bertz CT molecular complexity index is 1020. The molecule has 0 bridgehead atoms. The van der Waals surface area contributed by atoms with Crippen molar-refractivity contribution in [1.82, 2.24) is 14.5 Å². The lowest BCUT2D eigenvalue weighted by molar-refractivity contribution is 0.0946. The molecule has 10 heteroatoms. The Kier molecular flexibility index (Phi) is 5.21. The number of nitrogens with one attached hydrogen (secondary N) is 1. The molecular formula is C15H16FN3O5S. The van der Waals surface area contributed by atoms with Crippen LogP contribution in [0.1, 0.15) is 10.5 Å². The molecule has 0 aliphatic heterocycles. The van der Waals surface area contributed by atoms with Gasteiger partial charge in [0.2, 0.25) is 0 Å². The van der Waals surface area contributed by atoms with Gasteiger partial charge in [-0.15, -0.1) is 0 Å². The van der Waals surface area contributed by atoms with E-state index in [1.807, 2.05) is 0 Å². The fourth-order valence-corrected chi connectivity index (χ4v) is 3.26. The Hall–Kier alpha value is -2.75. The van der Waals surface area contributed by atoms with Crippen LogP contribution in [-0.4, -0.2) is 35.8 Å². The average molecular weight is 369 g/mol. The summed E-state index contributed by atoms with van der Waals surface area (Å²) >= 11 is 0. The third kappa shape index (κ3) is 4.02. The number of hydrogen-bond donors (Lipinski definition) is 1. The molecule has 2 rings (SSSR count). The van der Waals surface area contributed by atoms with Gasteiger partial charge in [-0.3, -0.25) is 18.7 Å². The van der Waals surface area contributed by atoms with Crippen LogP contribution >= 0.6 is 0 Å². The number of halogens is 1. The minimum absolute atomic E-state index is 0.0656. The van der Waals surface area contributed by atoms with Crippen molar-refractivity contribution in [1.29, 1.82) is 0 Å². The van der Waals surface area contributed by atoms with Gasteiger partial charge < -0.3 is 5.32 Å². The van der Waals surface area contributed by atoms with Gasteiger partial charge in [0.15, 0.2) is 9.84 Å². The molecule has 0 saturated heterocycles. The number of aromatic nitrogens is 2. The maximum absolute atomic E-state index is 12.8. The van der Waals surface area contributed by atoms with Gasteiger partial charge in [-0.2, -0.15) is 0 Å². The summed E-state index contributed by atoms with van der Waals surface area (Å²) in [5.74, 6) is -1.71. The number of rotatable bonds is 5. The van der Waals surface area contributed by atoms with Crippen molar-refractivity contribution in [2.45, 2.75) is 4.90 Å². The first-order valence-electron chi connectivity index (χ1n) is 7.17. The zero-order valence-corrected chi connectivity index (χ0v) is 14.3. The summed E-state index contributed by atoms with van der Waals surface area (Å²) in [6.07, 6.45) is 0. The quantitative estimate of drug-likeness (QED) is 0.710. The van der Waals surface area contributed by atoms with Gasteiger partial charge in [0, 0.05) is 26.7 Å². The van der Waals surface area contributed by atoms with Crippen molar-refractivity contribution in [2.75, 3.05) is 12.3 Å². The predicted molar refractivity (Wildman–Crippen MR) is 87.7 cm³/mol. The van der Waals surface area contributed by atoms with E-state index in [-0.39, 0.29) is 17.1 Å². The summed E-state index contributed by atoms with van der Waals surface area (Å²) in [5, 5.41) is 2.35. The standard InChI is InChI=1S/C15H16FN3O5S/c1-18-12(9-13(20)19(2)15(18)22)14(21)17-7-8-25(23,24)11-5-3-10(16)4-6-11/h3-6,9H,7-8H2,1-2H3,(H,17,21). The molecular weight excluding hydrogens is 353 g/mol. The van der Waals surface area contributed by atoms with Gasteiger partial charge in [-0.25, -0.2) is 17.6 Å². The predicted octanol–water partition coefficient (Wildman–Crippen LogP) is -0.573. The first kappa shape index (κ1) is 18.6. The maximum Gasteiger partial charge on any atom is 0.331 e. The molecule has 25 heavy (non-hydrogen) atoms. The van der Waals surface area contributed by atoms with Crippen LogP contribution in [0.25, 0.3) is 0 Å². The second kappa shape index (κ2) is 7.01. The lowest BCUT2D eigenvalue weighted by atomic mass is 10.3. The molecule has 0 aliphatic rings. The van der Waals surface area contributed by atoms with Crippen LogP contribution in [-0.2, 0) is 23.9 Å². The zero-order chi connectivity index (χ0) is 18.8. The van der Waals surface area contributed by atoms with Gasteiger partial charge in [0.05, 0.1) is 10.6 Å². The molecule has 0 spiro atoms. The van der Waals surface area contributed by atoms with E-state index >= 15 is 0 Å². The number of nitrogens with zero attached hydrogens (tertiary/aromatic N) is 2. The highest BCUT2D eigenvalue weighted by atomic mass is 32.2. The largest absolute Gasteiger partial charge is 0.350 e. The molecule has 0 atom stereocenters. The van der Waals surface area contributed by atoms with E-state index in [1.54, 1.807) is 0 Å². The number of benzene rings is 1. The van der Waals surface area contributed by atoms with Crippen LogP contribution in [0.5, 0.6) is 0 Å². The molecule has 1 heterocycles. The SMILES string of the molecule is Cn1c(C(=O)NCCS(=O)(=O)c2ccc(F)cc2)cc(=O)n(C)c1=O. The van der Waals surface area contributed by atoms with Crippen LogP contribution < -0.4 is 16.6 Å². The Balaban J connectivity index is 2.10. The molecule has 1 aromatic heterocycles. The number of carbonyl (C=O) groups is 1. The average Bonchev–Trinajstić information content (AvgIpc) is 2.56. The summed E-state index contributed by atoms with van der Waals surface area (Å²) in [4.78, 5) is 35.4. The van der Waals surface area contributed by atoms with Crippen molar-refractivity contribution < 1.29 is 17.6 Å². The van der Waals surface area contributed by atoms with Gasteiger partial charge in [0.1, 0.15) is 11.5 Å². The third-order valence-corrected chi connectivity index (χ3v) is 5.32. The number of hydrogen-bond acceptors (Lipinski definition) is 5. The molecule has 0 radical (unpaired) electrons. The van der Waals surface area contributed by atoms with Crippen LogP contribution in [0, 0.1) is 5.82 Å². The first-order valence-corrected chi connectivity index (χ1v) is 8.82. The van der Waals surface area contributed by atoms with E-state index in [0.29, 0.717) is 0 Å². The van der Waals surface area contributed by atoms with Crippen LogP contribution in [0.2, 0.25) is 0 Å². The van der Waals surface area contributed by atoms with Gasteiger partial charge in [-0.05, 0) is 24.3 Å². The maximum atomic E-state index is 12.8. The van der Waals surface area contributed by atoms with Crippen molar-refractivity contribution in [3.8, 4) is 0 Å². The highest BCUT2D eigenvalue weighted by molar-refractivity contribution is 7.91. The minimum Gasteiger partial charge on any atom is -0.350 e. The topological polar surface area (TPSA) is 107 Å². The molecule has 0 fully saturated rings. The normalized spacial score (nSPS) is 11.3. The van der Waals surface area contributed by atoms with E-state index in [0.717, 1.165) is 39.5 Å². The molecule has 1 aromatic carbocycles. The summed E-state index contributed by atoms with van der Waals surface area (Å²) in [6.45, 7) is -0.234. The van der Waals surface area contributed by atoms with Gasteiger partial charge >= 0.3 is 5.69 Å². The summed E-state index contributed by atoms with van der Waals surface area (Å²) in [5.41, 5.74) is -1.49. The highest BCUT2D eigenvalue weighted by Gasteiger charge is 2.17. The number of sulfone groups is 1. The van der Waals surface area contributed by atoms with Crippen LogP contribution in [0.15, 0.2) is 44.8 Å². The molecule has 134 valence electrons. The smallest absolute Gasteiger partial charge is 0.331 e. The summed E-state index contributed by atoms with van der Waals surface area (Å²) < 4.78 is 38.9. The van der Waals surface area contributed by atoms with Crippen molar-refractivity contribution >= 4 is 15.7 Å². The van der Waals surface area contributed by atoms with Crippen molar-refractivity contribution in [3.05, 3.63) is 62.7 Å². The highest BCUT2D eigenvalue weighted by Crippen LogP contribution is 2.11. The Morgan fingerprint density at radius 1 is 1.12 bits per heavy atom. The fraction of sp³-hybridized carbons (Fsp3) is 0.267. The van der Waals surface area contributed by atoms with E-state index in [2.05, 4.69) is 5.32 Å². The molecule has 1 amide bonds. The fourth-order valence-electron chi connectivity index (χ4n) is 2.10. The lowest BCUT2D eigenvalue weighted by Crippen LogP contribution is -2.41. The van der Waals surface area contributed by atoms with E-state index in [9.17, 15) is 27.2 Å². The van der Waals surface area contributed by atoms with Crippen molar-refractivity contribution in [3.63, 3.8) is 0 Å². The zero-order valence-electron chi connectivity index (χ0n) is 13.5. The number of amides is 1. The molecule has 0 saturated carbocycles. The first-order chi connectivity index (χ1) is 11.6. The minimum atomic E-state index is -3.70. The Labute approximate surface area is 142 Å². The summed E-state index contributed by atoms with van der Waals surface area (Å²) in [6, 6.07) is 5.32. The third-order valence-electron chi connectivity index (χ3n) is 3.59. The van der Waals surface area contributed by atoms with Crippen LogP contribution in [0.4, 0.5) is 4.39 Å². The second-order valence-electron chi connectivity index (χ2n) is 5.30. The number of carbonyl (C=O) groups excluding carboxylic acids is 1. The second-order valence-corrected chi connectivity index (χ2v) is 7.41. The molecule has 1 N–H and O–H groups in total. The molecule has 2 aromatic rings. The van der Waals surface area contributed by atoms with E-state index in [4.69, 9.17) is 0 Å². The van der Waals surface area contributed by atoms with E-state index in [1.165, 1.54) is 14.1 Å². The van der Waals surface area contributed by atoms with Crippen LogP contribution in [0.3, 0.4) is 0 Å². The van der Waals surface area contributed by atoms with Gasteiger partial charge in [-0.1, -0.05) is 0 Å². The Morgan fingerprint density at radius 3 is 2.32 bits per heavy atom. The molecule has 0 unspecified atom stereocenters. The monoisotopic (exact) mass is 369 g/mol. The van der Waals surface area contributed by atoms with Crippen molar-refractivity contribution in [2.24, 2.45) is 14.1 Å².